The normalized spacial score (nSPS) is 13.3. The number of nitrogens with zero attached hydrogens (tertiary/aromatic N) is 1. The number of aliphatic carboxylic acids is 2. The van der Waals surface area contributed by atoms with Gasteiger partial charge in [0.2, 0.25) is 17.7 Å². The summed E-state index contributed by atoms with van der Waals surface area (Å²) in [6, 6.07) is -4.26. The zero-order valence-electron chi connectivity index (χ0n) is 16.0. The van der Waals surface area contributed by atoms with Crippen molar-refractivity contribution in [3.63, 3.8) is 0 Å². The summed E-state index contributed by atoms with van der Waals surface area (Å²) in [5, 5.41) is 32.8. The maximum absolute atomic E-state index is 12.0. The van der Waals surface area contributed by atoms with Gasteiger partial charge in [-0.05, 0) is 12.8 Å². The number of carbonyl (C=O) groups excluding carboxylic acids is 3. The number of carboxylic acid groups (broad SMARTS) is 2. The Morgan fingerprint density at radius 2 is 1.60 bits per heavy atom. The van der Waals surface area contributed by atoms with E-state index in [-0.39, 0.29) is 18.9 Å². The standard InChI is InChI=1S/C15H27N7O8/c16-7(2-1-3-19-15(17)18)12(27)20-5-10(24)21-8(4-11(25)26)13(28)22-9(6-23)14(29)30/h7-9,23H,1-6,16H2,(H,20,27)(H,21,24)(H,22,28)(H,25,26)(H,29,30)(H4,17,18,19)/t7-,8+,9-/m1/s1. The highest BCUT2D eigenvalue weighted by atomic mass is 16.4. The molecule has 0 rings (SSSR count). The average Bonchev–Trinajstić information content (AvgIpc) is 2.65. The van der Waals surface area contributed by atoms with Crippen LogP contribution in [0.5, 0.6) is 0 Å². The Morgan fingerprint density at radius 1 is 0.967 bits per heavy atom. The van der Waals surface area contributed by atoms with Crippen molar-refractivity contribution >= 4 is 35.6 Å². The monoisotopic (exact) mass is 433 g/mol. The maximum Gasteiger partial charge on any atom is 0.328 e. The van der Waals surface area contributed by atoms with Gasteiger partial charge in [0, 0.05) is 6.54 Å². The number of amides is 3. The van der Waals surface area contributed by atoms with Crippen LogP contribution in [0, 0.1) is 0 Å². The summed E-state index contributed by atoms with van der Waals surface area (Å²) in [5.74, 6) is -5.80. The summed E-state index contributed by atoms with van der Waals surface area (Å²) in [7, 11) is 0. The van der Waals surface area contributed by atoms with E-state index in [1.54, 1.807) is 0 Å². The van der Waals surface area contributed by atoms with Crippen molar-refractivity contribution in [2.45, 2.75) is 37.4 Å². The number of hydrogen-bond acceptors (Lipinski definition) is 8. The molecule has 0 radical (unpaired) electrons. The lowest BCUT2D eigenvalue weighted by Gasteiger charge is -2.19. The van der Waals surface area contributed by atoms with Crippen molar-refractivity contribution in [1.29, 1.82) is 0 Å². The van der Waals surface area contributed by atoms with Gasteiger partial charge in [0.25, 0.3) is 0 Å². The van der Waals surface area contributed by atoms with Crippen molar-refractivity contribution in [2.75, 3.05) is 19.7 Å². The molecule has 170 valence electrons. The lowest BCUT2D eigenvalue weighted by atomic mass is 10.1. The third-order valence-corrected chi connectivity index (χ3v) is 3.56. The minimum atomic E-state index is -1.68. The smallest absolute Gasteiger partial charge is 0.328 e. The Labute approximate surface area is 171 Å². The van der Waals surface area contributed by atoms with Crippen LogP contribution < -0.4 is 33.2 Å². The minimum Gasteiger partial charge on any atom is -0.481 e. The molecular weight excluding hydrogens is 406 g/mol. The number of nitrogens with one attached hydrogen (secondary N) is 3. The first-order valence-corrected chi connectivity index (χ1v) is 8.71. The van der Waals surface area contributed by atoms with Crippen LogP contribution in [0.2, 0.25) is 0 Å². The molecular formula is C15H27N7O8. The SMILES string of the molecule is NC(N)=NCCC[C@@H](N)C(=O)NCC(=O)N[C@@H](CC(=O)O)C(=O)N[C@H](CO)C(=O)O. The Morgan fingerprint density at radius 3 is 2.10 bits per heavy atom. The Bertz CT molecular complexity index is 665. The van der Waals surface area contributed by atoms with Crippen molar-refractivity contribution in [2.24, 2.45) is 22.2 Å². The molecule has 0 aliphatic carbocycles. The van der Waals surface area contributed by atoms with E-state index in [0.717, 1.165) is 0 Å². The van der Waals surface area contributed by atoms with E-state index in [4.69, 9.17) is 32.5 Å². The lowest BCUT2D eigenvalue weighted by Crippen LogP contribution is -2.55. The predicted molar refractivity (Wildman–Crippen MR) is 102 cm³/mol. The van der Waals surface area contributed by atoms with Crippen LogP contribution in [0.3, 0.4) is 0 Å². The Hall–Kier alpha value is -3.46. The molecule has 30 heavy (non-hydrogen) atoms. The van der Waals surface area contributed by atoms with E-state index in [0.29, 0.717) is 6.42 Å². The van der Waals surface area contributed by atoms with Crippen molar-refractivity contribution in [1.82, 2.24) is 16.0 Å². The molecule has 0 aliphatic rings. The molecule has 0 fully saturated rings. The van der Waals surface area contributed by atoms with Crippen LogP contribution in [0.25, 0.3) is 0 Å². The molecule has 0 aliphatic heterocycles. The summed E-state index contributed by atoms with van der Waals surface area (Å²) in [4.78, 5) is 61.3. The Balaban J connectivity index is 4.66. The molecule has 0 aromatic rings. The summed E-state index contributed by atoms with van der Waals surface area (Å²) in [6.07, 6.45) is -0.214. The van der Waals surface area contributed by atoms with Gasteiger partial charge in [-0.1, -0.05) is 0 Å². The second-order valence-corrected chi connectivity index (χ2v) is 6.07. The predicted octanol–water partition coefficient (Wildman–Crippen LogP) is -5.00. The molecule has 15 heteroatoms. The molecule has 0 saturated heterocycles. The molecule has 0 heterocycles. The fourth-order valence-corrected chi connectivity index (χ4v) is 2.04. The number of carboxylic acids is 2. The lowest BCUT2D eigenvalue weighted by molar-refractivity contribution is -0.144. The number of hydrogen-bond donors (Lipinski definition) is 9. The topological polar surface area (TPSA) is 273 Å². The highest BCUT2D eigenvalue weighted by Gasteiger charge is 2.28. The van der Waals surface area contributed by atoms with Gasteiger partial charge in [-0.2, -0.15) is 0 Å². The van der Waals surface area contributed by atoms with Gasteiger partial charge in [-0.3, -0.25) is 24.2 Å². The van der Waals surface area contributed by atoms with E-state index in [1.807, 2.05) is 5.32 Å². The van der Waals surface area contributed by atoms with Gasteiger partial charge in [0.15, 0.2) is 5.96 Å². The number of rotatable bonds is 14. The molecule has 0 spiro atoms. The van der Waals surface area contributed by atoms with Gasteiger partial charge in [-0.25, -0.2) is 4.79 Å². The number of aliphatic imine (C=N–C) groups is 1. The molecule has 0 aromatic heterocycles. The van der Waals surface area contributed by atoms with Gasteiger partial charge in [-0.15, -0.1) is 0 Å². The van der Waals surface area contributed by atoms with Crippen molar-refractivity contribution in [3.05, 3.63) is 0 Å². The van der Waals surface area contributed by atoms with Gasteiger partial charge >= 0.3 is 11.9 Å². The van der Waals surface area contributed by atoms with Crippen molar-refractivity contribution in [3.8, 4) is 0 Å². The summed E-state index contributed by atoms with van der Waals surface area (Å²) >= 11 is 0. The van der Waals surface area contributed by atoms with E-state index in [2.05, 4.69) is 15.6 Å². The van der Waals surface area contributed by atoms with Crippen LogP contribution in [0.15, 0.2) is 4.99 Å². The summed E-state index contributed by atoms with van der Waals surface area (Å²) in [5.41, 5.74) is 16.0. The van der Waals surface area contributed by atoms with Gasteiger partial charge < -0.3 is 48.5 Å². The van der Waals surface area contributed by atoms with Crippen LogP contribution >= 0.6 is 0 Å². The molecule has 12 N–H and O–H groups in total. The number of aliphatic hydroxyl groups excluding tert-OH is 1. The zero-order valence-corrected chi connectivity index (χ0v) is 16.0. The summed E-state index contributed by atoms with van der Waals surface area (Å²) in [6.45, 7) is -1.28. The molecule has 0 aromatic carbocycles. The first-order chi connectivity index (χ1) is 14.0. The third-order valence-electron chi connectivity index (χ3n) is 3.56. The van der Waals surface area contributed by atoms with Crippen LogP contribution in [-0.2, 0) is 24.0 Å². The largest absolute Gasteiger partial charge is 0.481 e. The molecule has 3 amide bonds. The molecule has 0 saturated carbocycles. The Kier molecular flexibility index (Phi) is 12.1. The second-order valence-electron chi connectivity index (χ2n) is 6.07. The number of guanidine groups is 1. The molecule has 0 bridgehead atoms. The quantitative estimate of drug-likeness (QED) is 0.0710. The second kappa shape index (κ2) is 13.7. The fourth-order valence-electron chi connectivity index (χ4n) is 2.04. The number of nitrogens with two attached hydrogens (primary N) is 3. The van der Waals surface area contributed by atoms with E-state index in [1.165, 1.54) is 0 Å². The number of carbonyl (C=O) groups is 5. The van der Waals surface area contributed by atoms with E-state index in [9.17, 15) is 24.0 Å². The highest BCUT2D eigenvalue weighted by molar-refractivity contribution is 5.94. The van der Waals surface area contributed by atoms with E-state index < -0.39 is 67.4 Å². The molecule has 0 unspecified atom stereocenters. The van der Waals surface area contributed by atoms with Crippen LogP contribution in [0.1, 0.15) is 19.3 Å². The number of aliphatic hydroxyl groups is 1. The molecule has 3 atom stereocenters. The first kappa shape index (κ1) is 26.5. The average molecular weight is 433 g/mol. The van der Waals surface area contributed by atoms with E-state index >= 15 is 0 Å². The van der Waals surface area contributed by atoms with Crippen LogP contribution in [-0.4, -0.2) is 88.8 Å². The molecule has 15 nitrogen and oxygen atoms in total. The fraction of sp³-hybridized carbons (Fsp3) is 0.600. The van der Waals surface area contributed by atoms with Crippen LogP contribution in [0.4, 0.5) is 0 Å². The van der Waals surface area contributed by atoms with Gasteiger partial charge in [0.1, 0.15) is 12.1 Å². The highest BCUT2D eigenvalue weighted by Crippen LogP contribution is 1.97. The zero-order chi connectivity index (χ0) is 23.3. The minimum absolute atomic E-state index is 0.0988. The van der Waals surface area contributed by atoms with Gasteiger partial charge in [0.05, 0.1) is 25.6 Å². The third kappa shape index (κ3) is 11.4. The summed E-state index contributed by atoms with van der Waals surface area (Å²) < 4.78 is 0. The van der Waals surface area contributed by atoms with Crippen molar-refractivity contribution < 1.29 is 39.3 Å². The maximum atomic E-state index is 12.0. The first-order valence-electron chi connectivity index (χ1n) is 8.71.